The van der Waals surface area contributed by atoms with Crippen LogP contribution in [-0.4, -0.2) is 55.2 Å². The van der Waals surface area contributed by atoms with Crippen LogP contribution in [0.5, 0.6) is 0 Å². The Kier molecular flexibility index (Phi) is 8.97. The SMILES string of the molecule is COC(=O)C(C(=O)OC)[C@H](C)[C@@H](NC(=O)[C@@H](O)CC(C)C)C(N)=O. The van der Waals surface area contributed by atoms with Gasteiger partial charge in [-0.2, -0.15) is 0 Å². The standard InChI is InChI=1S/C15H26N2O7/c1-7(2)6-9(18)13(20)17-11(12(16)19)8(3)10(14(21)23-4)15(22)24-5/h7-11,18H,6H2,1-5H3,(H2,16,19)(H,17,20)/t8-,9-,11+/m0/s1. The number of aliphatic hydroxyl groups is 1. The number of carbonyl (C=O) groups is 4. The zero-order chi connectivity index (χ0) is 19.0. The van der Waals surface area contributed by atoms with E-state index in [-0.39, 0.29) is 12.3 Å². The van der Waals surface area contributed by atoms with Gasteiger partial charge in [-0.3, -0.25) is 19.2 Å². The predicted molar refractivity (Wildman–Crippen MR) is 83.3 cm³/mol. The van der Waals surface area contributed by atoms with Crippen LogP contribution in [0.25, 0.3) is 0 Å². The van der Waals surface area contributed by atoms with E-state index in [4.69, 9.17) is 5.73 Å². The molecular formula is C15H26N2O7. The minimum atomic E-state index is -1.44. The highest BCUT2D eigenvalue weighted by Gasteiger charge is 2.41. The number of hydrogen-bond acceptors (Lipinski definition) is 7. The van der Waals surface area contributed by atoms with Crippen LogP contribution in [0.3, 0.4) is 0 Å². The minimum absolute atomic E-state index is 0.0492. The number of methoxy groups -OCH3 is 2. The van der Waals surface area contributed by atoms with Crippen molar-refractivity contribution in [1.29, 1.82) is 0 Å². The number of amides is 2. The van der Waals surface area contributed by atoms with E-state index in [1.165, 1.54) is 6.92 Å². The number of esters is 2. The lowest BCUT2D eigenvalue weighted by atomic mass is 9.86. The van der Waals surface area contributed by atoms with E-state index in [1.54, 1.807) is 0 Å². The Morgan fingerprint density at radius 3 is 1.83 bits per heavy atom. The largest absolute Gasteiger partial charge is 0.468 e. The van der Waals surface area contributed by atoms with Crippen LogP contribution >= 0.6 is 0 Å². The van der Waals surface area contributed by atoms with Gasteiger partial charge < -0.3 is 25.6 Å². The topological polar surface area (TPSA) is 145 Å². The monoisotopic (exact) mass is 346 g/mol. The van der Waals surface area contributed by atoms with Gasteiger partial charge in [-0.1, -0.05) is 20.8 Å². The minimum Gasteiger partial charge on any atom is -0.468 e. The van der Waals surface area contributed by atoms with E-state index in [9.17, 15) is 24.3 Å². The average molecular weight is 346 g/mol. The van der Waals surface area contributed by atoms with Gasteiger partial charge in [-0.05, 0) is 12.3 Å². The molecule has 9 nitrogen and oxygen atoms in total. The summed E-state index contributed by atoms with van der Waals surface area (Å²) in [5.41, 5.74) is 5.27. The highest BCUT2D eigenvalue weighted by molar-refractivity contribution is 5.97. The van der Waals surface area contributed by atoms with Crippen molar-refractivity contribution < 1.29 is 33.8 Å². The summed E-state index contributed by atoms with van der Waals surface area (Å²) in [5.74, 6) is -6.03. The fourth-order valence-corrected chi connectivity index (χ4v) is 2.24. The lowest BCUT2D eigenvalue weighted by Gasteiger charge is -2.27. The maximum absolute atomic E-state index is 12.0. The van der Waals surface area contributed by atoms with Gasteiger partial charge in [0.15, 0.2) is 5.92 Å². The molecule has 0 bridgehead atoms. The Balaban J connectivity index is 5.34. The lowest BCUT2D eigenvalue weighted by Crippen LogP contribution is -2.54. The molecule has 0 saturated heterocycles. The van der Waals surface area contributed by atoms with Crippen LogP contribution in [0.4, 0.5) is 0 Å². The molecule has 0 heterocycles. The molecule has 9 heteroatoms. The van der Waals surface area contributed by atoms with Gasteiger partial charge in [0.2, 0.25) is 11.8 Å². The molecule has 0 unspecified atom stereocenters. The quantitative estimate of drug-likeness (QED) is 0.357. The molecular weight excluding hydrogens is 320 g/mol. The van der Waals surface area contributed by atoms with E-state index in [0.717, 1.165) is 14.2 Å². The summed E-state index contributed by atoms with van der Waals surface area (Å²) in [6.07, 6.45) is -1.16. The van der Waals surface area contributed by atoms with Crippen molar-refractivity contribution in [3.63, 3.8) is 0 Å². The number of carbonyl (C=O) groups excluding carboxylic acids is 4. The first-order valence-electron chi connectivity index (χ1n) is 7.50. The molecule has 24 heavy (non-hydrogen) atoms. The molecule has 0 aliphatic carbocycles. The Labute approximate surface area is 140 Å². The maximum Gasteiger partial charge on any atom is 0.320 e. The van der Waals surface area contributed by atoms with Crippen LogP contribution in [0, 0.1) is 17.8 Å². The summed E-state index contributed by atoms with van der Waals surface area (Å²) in [5, 5.41) is 12.1. The van der Waals surface area contributed by atoms with Crippen molar-refractivity contribution in [2.75, 3.05) is 14.2 Å². The van der Waals surface area contributed by atoms with E-state index in [0.29, 0.717) is 0 Å². The molecule has 0 saturated carbocycles. The molecule has 4 N–H and O–H groups in total. The van der Waals surface area contributed by atoms with Crippen molar-refractivity contribution in [1.82, 2.24) is 5.32 Å². The fraction of sp³-hybridized carbons (Fsp3) is 0.733. The molecule has 3 atom stereocenters. The third-order valence-electron chi connectivity index (χ3n) is 3.56. The molecule has 0 aliphatic heterocycles. The van der Waals surface area contributed by atoms with E-state index < -0.39 is 47.7 Å². The van der Waals surface area contributed by atoms with E-state index >= 15 is 0 Å². The Bertz CT molecular complexity index is 462. The number of nitrogens with two attached hydrogens (primary N) is 1. The number of aliphatic hydroxyl groups excluding tert-OH is 1. The second-order valence-electron chi connectivity index (χ2n) is 5.92. The lowest BCUT2D eigenvalue weighted by molar-refractivity contribution is -0.162. The summed E-state index contributed by atoms with van der Waals surface area (Å²) < 4.78 is 9.07. The summed E-state index contributed by atoms with van der Waals surface area (Å²) in [7, 11) is 2.16. The second kappa shape index (κ2) is 9.86. The average Bonchev–Trinajstić information content (AvgIpc) is 2.50. The van der Waals surface area contributed by atoms with Crippen LogP contribution in [-0.2, 0) is 28.7 Å². The Hall–Kier alpha value is -2.16. The maximum atomic E-state index is 12.0. The molecule has 0 aromatic rings. The molecule has 138 valence electrons. The first-order chi connectivity index (χ1) is 11.1. The van der Waals surface area contributed by atoms with Crippen LogP contribution in [0.15, 0.2) is 0 Å². The first kappa shape index (κ1) is 21.8. The van der Waals surface area contributed by atoms with Crippen LogP contribution in [0.1, 0.15) is 27.2 Å². The third kappa shape index (κ3) is 6.15. The van der Waals surface area contributed by atoms with Crippen LogP contribution < -0.4 is 11.1 Å². The predicted octanol–water partition coefficient (Wildman–Crippen LogP) is -1.04. The highest BCUT2D eigenvalue weighted by atomic mass is 16.5. The molecule has 0 rings (SSSR count). The van der Waals surface area contributed by atoms with Crippen molar-refractivity contribution in [3.05, 3.63) is 0 Å². The van der Waals surface area contributed by atoms with Gasteiger partial charge >= 0.3 is 11.9 Å². The van der Waals surface area contributed by atoms with Gasteiger partial charge in [-0.15, -0.1) is 0 Å². The molecule has 0 spiro atoms. The van der Waals surface area contributed by atoms with Crippen molar-refractivity contribution in [2.24, 2.45) is 23.5 Å². The zero-order valence-corrected chi connectivity index (χ0v) is 14.6. The van der Waals surface area contributed by atoms with Crippen LogP contribution in [0.2, 0.25) is 0 Å². The number of nitrogens with one attached hydrogen (secondary N) is 1. The number of rotatable bonds is 9. The fourth-order valence-electron chi connectivity index (χ4n) is 2.24. The number of hydrogen-bond donors (Lipinski definition) is 3. The summed E-state index contributed by atoms with van der Waals surface area (Å²) >= 11 is 0. The van der Waals surface area contributed by atoms with Crippen molar-refractivity contribution >= 4 is 23.8 Å². The van der Waals surface area contributed by atoms with Gasteiger partial charge in [0, 0.05) is 5.92 Å². The first-order valence-corrected chi connectivity index (χ1v) is 7.50. The normalized spacial score (nSPS) is 14.7. The summed E-state index contributed by atoms with van der Waals surface area (Å²) in [6, 6.07) is -1.36. The summed E-state index contributed by atoms with van der Waals surface area (Å²) in [6.45, 7) is 5.01. The number of ether oxygens (including phenoxy) is 2. The molecule has 0 radical (unpaired) electrons. The second-order valence-corrected chi connectivity index (χ2v) is 5.92. The highest BCUT2D eigenvalue weighted by Crippen LogP contribution is 2.20. The van der Waals surface area contributed by atoms with E-state index in [1.807, 2.05) is 13.8 Å². The van der Waals surface area contributed by atoms with Gasteiger partial charge in [0.05, 0.1) is 14.2 Å². The molecule has 0 aliphatic rings. The molecule has 0 aromatic carbocycles. The summed E-state index contributed by atoms with van der Waals surface area (Å²) in [4.78, 5) is 47.3. The molecule has 2 amide bonds. The van der Waals surface area contributed by atoms with Gasteiger partial charge in [0.1, 0.15) is 12.1 Å². The van der Waals surface area contributed by atoms with E-state index in [2.05, 4.69) is 14.8 Å². The Morgan fingerprint density at radius 2 is 1.50 bits per heavy atom. The Morgan fingerprint density at radius 1 is 1.04 bits per heavy atom. The smallest absolute Gasteiger partial charge is 0.320 e. The van der Waals surface area contributed by atoms with Gasteiger partial charge in [0.25, 0.3) is 0 Å². The van der Waals surface area contributed by atoms with Crippen molar-refractivity contribution in [3.8, 4) is 0 Å². The molecule has 0 fully saturated rings. The molecule has 0 aromatic heterocycles. The van der Waals surface area contributed by atoms with Crippen molar-refractivity contribution in [2.45, 2.75) is 39.3 Å². The van der Waals surface area contributed by atoms with Gasteiger partial charge in [-0.25, -0.2) is 0 Å². The zero-order valence-electron chi connectivity index (χ0n) is 14.6. The third-order valence-corrected chi connectivity index (χ3v) is 3.56. The number of primary amides is 1.